The molecule has 2 aliphatic carbocycles. The van der Waals surface area contributed by atoms with E-state index < -0.39 is 21.0 Å². The molecule has 0 spiro atoms. The summed E-state index contributed by atoms with van der Waals surface area (Å²) in [5, 5.41) is 0. The van der Waals surface area contributed by atoms with Crippen LogP contribution >= 0.6 is 0 Å². The van der Waals surface area contributed by atoms with Crippen LogP contribution < -0.4 is 24.8 Å². The Morgan fingerprint density at radius 3 is 1.71 bits per heavy atom. The molecule has 0 amide bonds. The number of halogens is 2. The van der Waals surface area contributed by atoms with Crippen LogP contribution in [0.25, 0.3) is 12.2 Å². The number of hydrogen-bond acceptors (Lipinski definition) is 0. The van der Waals surface area contributed by atoms with Gasteiger partial charge in [0.1, 0.15) is 0 Å². The third-order valence-corrected chi connectivity index (χ3v) is 12.9. The fraction of sp³-hybridized carbons (Fsp3) is 0.200. The van der Waals surface area contributed by atoms with Crippen molar-refractivity contribution in [2.75, 3.05) is 0 Å². The van der Waals surface area contributed by atoms with Gasteiger partial charge in [0.15, 0.2) is 0 Å². The zero-order chi connectivity index (χ0) is 14.9. The Balaban J connectivity index is 0.00000104. The standard InChI is InChI=1S/2C9H7.C2H5B.2ClH.Zr/c2*1-2-5-9-7-3-6-8(9)4-1;1-2-3;;;/h2*1-7H;2H2,1H3;2*1H;/q;;;;;+2/p-2. The van der Waals surface area contributed by atoms with E-state index in [1.54, 1.807) is 11.1 Å². The minimum Gasteiger partial charge on any atom is -1.00 e. The summed E-state index contributed by atoms with van der Waals surface area (Å²) in [5.41, 5.74) is 6.01. The van der Waals surface area contributed by atoms with Gasteiger partial charge in [0, 0.05) is 0 Å². The zero-order valence-electron chi connectivity index (χ0n) is 13.6. The van der Waals surface area contributed by atoms with Crippen molar-refractivity contribution in [3.63, 3.8) is 0 Å². The Bertz CT molecular complexity index is 747. The average molecular weight is 432 g/mol. The molecule has 2 aromatic carbocycles. The van der Waals surface area contributed by atoms with Gasteiger partial charge >= 0.3 is 141 Å². The van der Waals surface area contributed by atoms with Crippen molar-refractivity contribution in [1.82, 2.24) is 0 Å². The maximum Gasteiger partial charge on any atom is -1.00 e. The first-order valence-corrected chi connectivity index (χ1v) is 12.4. The monoisotopic (exact) mass is 430 g/mol. The van der Waals surface area contributed by atoms with Crippen molar-refractivity contribution in [3.05, 3.63) is 82.9 Å². The van der Waals surface area contributed by atoms with E-state index in [0.717, 1.165) is 0 Å². The molecule has 2 unspecified atom stereocenters. The topological polar surface area (TPSA) is 0 Å². The number of allylic oxidation sites excluding steroid dienone is 2. The first-order valence-electron chi connectivity index (χ1n) is 8.12. The Morgan fingerprint density at radius 1 is 0.792 bits per heavy atom. The van der Waals surface area contributed by atoms with Crippen molar-refractivity contribution in [2.45, 2.75) is 20.5 Å². The minimum absolute atomic E-state index is 0. The second-order valence-electron chi connectivity index (χ2n) is 6.04. The summed E-state index contributed by atoms with van der Waals surface area (Å²) in [6.45, 7) is 2.30. The Kier molecular flexibility index (Phi) is 7.17. The number of hydrogen-bond donors (Lipinski definition) is 0. The molecule has 0 nitrogen and oxygen atoms in total. The third kappa shape index (κ3) is 3.52. The van der Waals surface area contributed by atoms with E-state index in [1.807, 2.05) is 0 Å². The largest absolute Gasteiger partial charge is 1.00 e. The van der Waals surface area contributed by atoms with Gasteiger partial charge < -0.3 is 24.8 Å². The number of benzene rings is 2. The molecule has 120 valence electrons. The van der Waals surface area contributed by atoms with E-state index >= 15 is 0 Å². The van der Waals surface area contributed by atoms with Gasteiger partial charge in [-0.05, 0) is 0 Å². The summed E-state index contributed by atoms with van der Waals surface area (Å²) >= 11 is -1.80. The molecule has 24 heavy (non-hydrogen) atoms. The molecule has 0 bridgehead atoms. The number of fused-ring (bicyclic) bond motifs is 2. The molecule has 0 fully saturated rings. The fourth-order valence-corrected chi connectivity index (χ4v) is 11.7. The van der Waals surface area contributed by atoms with Crippen LogP contribution in [0.15, 0.2) is 60.7 Å². The molecule has 4 heteroatoms. The van der Waals surface area contributed by atoms with Crippen molar-refractivity contribution >= 4 is 16.5 Å². The molecule has 2 atom stereocenters. The first kappa shape index (κ1) is 19.8. The van der Waals surface area contributed by atoms with Gasteiger partial charge in [-0.2, -0.15) is 0 Å². The van der Waals surface area contributed by atoms with Crippen LogP contribution in [0, 0.1) is 0 Å². The SMILES string of the molecule is CC[B]=[Zr+2]([CH]1C=Cc2ccccc21)[CH]1C=Cc2ccccc21.[Cl-].[Cl-]. The summed E-state index contributed by atoms with van der Waals surface area (Å²) < 4.78 is 4.09. The molecule has 0 aromatic heterocycles. The van der Waals surface area contributed by atoms with E-state index in [1.165, 1.54) is 17.4 Å². The normalized spacial score (nSPS) is 18.5. The van der Waals surface area contributed by atoms with Gasteiger partial charge in [-0.3, -0.25) is 0 Å². The first-order chi connectivity index (χ1) is 10.9. The van der Waals surface area contributed by atoms with Gasteiger partial charge in [0.2, 0.25) is 0 Å². The third-order valence-electron chi connectivity index (χ3n) is 4.76. The van der Waals surface area contributed by atoms with Gasteiger partial charge in [-0.25, -0.2) is 0 Å². The fourth-order valence-electron chi connectivity index (χ4n) is 3.76. The van der Waals surface area contributed by atoms with Crippen LogP contribution in [-0.2, 0) is 21.0 Å². The van der Waals surface area contributed by atoms with Crippen LogP contribution in [0.5, 0.6) is 0 Å². The predicted molar refractivity (Wildman–Crippen MR) is 92.7 cm³/mol. The van der Waals surface area contributed by atoms with Crippen LogP contribution in [-0.4, -0.2) is 4.37 Å². The molecule has 4 rings (SSSR count). The molecule has 0 aliphatic heterocycles. The van der Waals surface area contributed by atoms with Crippen molar-refractivity contribution in [1.29, 1.82) is 0 Å². The maximum absolute atomic E-state index is 2.70. The van der Waals surface area contributed by atoms with E-state index in [-0.39, 0.29) is 24.8 Å². The molecule has 0 saturated heterocycles. The Labute approximate surface area is 164 Å². The second kappa shape index (κ2) is 8.70. The summed E-state index contributed by atoms with van der Waals surface area (Å²) in [4.78, 5) is 0. The smallest absolute Gasteiger partial charge is 1.00 e. The number of rotatable bonds is 3. The van der Waals surface area contributed by atoms with Crippen molar-refractivity contribution in [3.8, 4) is 0 Å². The van der Waals surface area contributed by atoms with Gasteiger partial charge in [-0.1, -0.05) is 0 Å². The van der Waals surface area contributed by atoms with Gasteiger partial charge in [0.05, 0.1) is 0 Å². The predicted octanol–water partition coefficient (Wildman–Crippen LogP) is -0.794. The zero-order valence-corrected chi connectivity index (χ0v) is 17.6. The maximum atomic E-state index is 2.70. The van der Waals surface area contributed by atoms with Gasteiger partial charge in [0.25, 0.3) is 0 Å². The van der Waals surface area contributed by atoms with Crippen LogP contribution in [0.1, 0.15) is 36.4 Å². The van der Waals surface area contributed by atoms with Gasteiger partial charge in [-0.15, -0.1) is 0 Å². The molecule has 0 heterocycles. The van der Waals surface area contributed by atoms with E-state index in [0.29, 0.717) is 7.25 Å². The Hall–Kier alpha value is -0.552. The summed E-state index contributed by atoms with van der Waals surface area (Å²) in [5.74, 6) is 0. The molecular weight excluding hydrogens is 413 g/mol. The minimum atomic E-state index is -1.80. The molecule has 0 radical (unpaired) electrons. The second-order valence-corrected chi connectivity index (χ2v) is 12.6. The molecule has 0 saturated carbocycles. The van der Waals surface area contributed by atoms with Crippen LogP contribution in [0.4, 0.5) is 0 Å². The molecule has 0 N–H and O–H groups in total. The molecule has 2 aromatic rings. The van der Waals surface area contributed by atoms with Crippen molar-refractivity contribution < 1.29 is 45.8 Å². The van der Waals surface area contributed by atoms with E-state index in [9.17, 15) is 0 Å². The van der Waals surface area contributed by atoms with E-state index in [2.05, 4.69) is 84.1 Å². The average Bonchev–Trinajstić information content (AvgIpc) is 3.17. The van der Waals surface area contributed by atoms with E-state index in [4.69, 9.17) is 0 Å². The Morgan fingerprint density at radius 2 is 1.25 bits per heavy atom. The van der Waals surface area contributed by atoms with Crippen LogP contribution in [0.2, 0.25) is 6.32 Å². The summed E-state index contributed by atoms with van der Waals surface area (Å²) in [7, 11) is 0. The van der Waals surface area contributed by atoms with Crippen LogP contribution in [0.3, 0.4) is 0 Å². The molecular formula is C20H19BCl2Zr. The van der Waals surface area contributed by atoms with Crippen molar-refractivity contribution in [2.24, 2.45) is 0 Å². The summed E-state index contributed by atoms with van der Waals surface area (Å²) in [6.07, 6.45) is 10.9. The molecule has 2 aliphatic rings. The summed E-state index contributed by atoms with van der Waals surface area (Å²) in [6, 6.07) is 17.9. The quantitative estimate of drug-likeness (QED) is 0.558.